The second kappa shape index (κ2) is 8.70. The number of para-hydroxylation sites is 1. The summed E-state index contributed by atoms with van der Waals surface area (Å²) in [5.41, 5.74) is 22.2. The van der Waals surface area contributed by atoms with Gasteiger partial charge in [0.15, 0.2) is 0 Å². The van der Waals surface area contributed by atoms with Crippen LogP contribution in [0.25, 0.3) is 11.1 Å². The van der Waals surface area contributed by atoms with Crippen LogP contribution >= 0.6 is 0 Å². The molecule has 0 unspecified atom stereocenters. The van der Waals surface area contributed by atoms with Gasteiger partial charge in [-0.2, -0.15) is 0 Å². The molecular weight excluding hydrogens is 494 g/mol. The summed E-state index contributed by atoms with van der Waals surface area (Å²) in [6.45, 7) is 13.8. The Labute approximate surface area is 245 Å². The molecule has 0 saturated carbocycles. The molecule has 3 aliphatic carbocycles. The lowest BCUT2D eigenvalue weighted by Crippen LogP contribution is -2.43. The van der Waals surface area contributed by atoms with Crippen molar-refractivity contribution in [3.63, 3.8) is 0 Å². The molecule has 41 heavy (non-hydrogen) atoms. The fourth-order valence-corrected chi connectivity index (χ4v) is 7.44. The average molecular weight is 534 g/mol. The van der Waals surface area contributed by atoms with Crippen molar-refractivity contribution in [3.05, 3.63) is 159 Å². The van der Waals surface area contributed by atoms with Crippen LogP contribution in [-0.2, 0) is 16.2 Å². The summed E-state index contributed by atoms with van der Waals surface area (Å²) in [4.78, 5) is 0. The molecule has 0 amide bonds. The Hall–Kier alpha value is -4.10. The van der Waals surface area contributed by atoms with Crippen molar-refractivity contribution in [1.29, 1.82) is 0 Å². The predicted octanol–water partition coefficient (Wildman–Crippen LogP) is 9.72. The van der Waals surface area contributed by atoms with E-state index in [-0.39, 0.29) is 16.7 Å². The van der Waals surface area contributed by atoms with E-state index in [0.29, 0.717) is 0 Å². The SMILES string of the molecule is CC(C)(C)c1cc(-c2cccc(C34c5ccccc5C(c5ccccc53)c3ccccc34)c2N)cc(C(C)(C)C)c1. The lowest BCUT2D eigenvalue weighted by molar-refractivity contribution is 0.569. The molecule has 8 rings (SSSR count). The van der Waals surface area contributed by atoms with E-state index < -0.39 is 5.41 Å². The first kappa shape index (κ1) is 25.8. The Morgan fingerprint density at radius 2 is 0.927 bits per heavy atom. The molecule has 0 saturated heterocycles. The Morgan fingerprint density at radius 1 is 0.512 bits per heavy atom. The van der Waals surface area contributed by atoms with E-state index in [9.17, 15) is 0 Å². The highest BCUT2D eigenvalue weighted by atomic mass is 14.6. The van der Waals surface area contributed by atoms with Gasteiger partial charge in [0.25, 0.3) is 0 Å². The number of hydrogen-bond acceptors (Lipinski definition) is 1. The monoisotopic (exact) mass is 533 g/mol. The fraction of sp³-hybridized carbons (Fsp3) is 0.250. The summed E-state index contributed by atoms with van der Waals surface area (Å²) < 4.78 is 0. The van der Waals surface area contributed by atoms with Crippen LogP contribution in [0.1, 0.15) is 97.5 Å². The van der Waals surface area contributed by atoms with Crippen LogP contribution in [-0.4, -0.2) is 0 Å². The number of nitrogens with two attached hydrogens (primary N) is 1. The smallest absolute Gasteiger partial charge is 0.0730 e. The molecule has 0 fully saturated rings. The van der Waals surface area contributed by atoms with Gasteiger partial charge < -0.3 is 5.73 Å². The van der Waals surface area contributed by atoms with E-state index in [2.05, 4.69) is 151 Å². The standard InChI is InChI=1S/C40H39N/c1-38(2,3)26-22-25(23-27(24-26)39(4,5)6)28-17-13-21-35(37(28)41)40-32-18-10-7-14-29(32)36(30-15-8-11-19-33(30)40)31-16-9-12-20-34(31)40/h7-24,36H,41H2,1-6H3. The molecule has 1 heteroatoms. The van der Waals surface area contributed by atoms with Gasteiger partial charge >= 0.3 is 0 Å². The highest BCUT2D eigenvalue weighted by Gasteiger charge is 2.53. The van der Waals surface area contributed by atoms with E-state index in [0.717, 1.165) is 11.3 Å². The van der Waals surface area contributed by atoms with Crippen molar-refractivity contribution in [3.8, 4) is 11.1 Å². The number of anilines is 1. The molecule has 0 aliphatic heterocycles. The van der Waals surface area contributed by atoms with Gasteiger partial charge in [0, 0.05) is 17.2 Å². The lowest BCUT2D eigenvalue weighted by atomic mass is 9.50. The molecule has 0 atom stereocenters. The Bertz CT molecular complexity index is 1680. The quantitative estimate of drug-likeness (QED) is 0.220. The van der Waals surface area contributed by atoms with Crippen LogP contribution in [0.2, 0.25) is 0 Å². The zero-order chi connectivity index (χ0) is 28.7. The van der Waals surface area contributed by atoms with Gasteiger partial charge in [0.05, 0.1) is 5.41 Å². The number of hydrogen-bond donors (Lipinski definition) is 1. The summed E-state index contributed by atoms with van der Waals surface area (Å²) >= 11 is 0. The van der Waals surface area contributed by atoms with Gasteiger partial charge in [0.1, 0.15) is 0 Å². The van der Waals surface area contributed by atoms with Crippen LogP contribution in [0.15, 0.2) is 109 Å². The zero-order valence-corrected chi connectivity index (χ0v) is 25.0. The van der Waals surface area contributed by atoms with Gasteiger partial charge in [-0.05, 0) is 66.5 Å². The second-order valence-electron chi connectivity index (χ2n) is 14.0. The second-order valence-corrected chi connectivity index (χ2v) is 14.0. The van der Waals surface area contributed by atoms with E-state index in [1.165, 1.54) is 55.6 Å². The molecule has 0 spiro atoms. The number of nitrogen functional groups attached to an aromatic ring is 1. The fourth-order valence-electron chi connectivity index (χ4n) is 7.44. The predicted molar refractivity (Wildman–Crippen MR) is 173 cm³/mol. The highest BCUT2D eigenvalue weighted by molar-refractivity contribution is 5.86. The van der Waals surface area contributed by atoms with E-state index in [4.69, 9.17) is 5.73 Å². The van der Waals surface area contributed by atoms with Crippen molar-refractivity contribution in [2.45, 2.75) is 63.7 Å². The van der Waals surface area contributed by atoms with Gasteiger partial charge in [-0.3, -0.25) is 0 Å². The maximum Gasteiger partial charge on any atom is 0.0730 e. The van der Waals surface area contributed by atoms with Crippen LogP contribution in [0.3, 0.4) is 0 Å². The van der Waals surface area contributed by atoms with E-state index in [1.54, 1.807) is 0 Å². The molecular formula is C40H39N. The lowest BCUT2D eigenvalue weighted by Gasteiger charge is -2.51. The third-order valence-electron chi connectivity index (χ3n) is 9.51. The first-order chi connectivity index (χ1) is 19.5. The minimum atomic E-state index is -0.479. The van der Waals surface area contributed by atoms with Gasteiger partial charge in [-0.1, -0.05) is 151 Å². The molecule has 3 aliphatic rings. The number of benzene rings is 5. The van der Waals surface area contributed by atoms with Crippen LogP contribution in [0, 0.1) is 0 Å². The molecule has 5 aromatic rings. The van der Waals surface area contributed by atoms with Crippen LogP contribution < -0.4 is 5.73 Å². The largest absolute Gasteiger partial charge is 0.398 e. The van der Waals surface area contributed by atoms with Gasteiger partial charge in [-0.15, -0.1) is 0 Å². The van der Waals surface area contributed by atoms with Crippen LogP contribution in [0.5, 0.6) is 0 Å². The maximum atomic E-state index is 7.41. The van der Waals surface area contributed by atoms with Gasteiger partial charge in [-0.25, -0.2) is 0 Å². The van der Waals surface area contributed by atoms with Crippen molar-refractivity contribution < 1.29 is 0 Å². The van der Waals surface area contributed by atoms with Crippen molar-refractivity contribution in [2.75, 3.05) is 5.73 Å². The molecule has 5 aromatic carbocycles. The normalized spacial score (nSPS) is 18.9. The van der Waals surface area contributed by atoms with Crippen molar-refractivity contribution in [2.24, 2.45) is 0 Å². The Kier molecular flexibility index (Phi) is 5.48. The van der Waals surface area contributed by atoms with E-state index >= 15 is 0 Å². The summed E-state index contributed by atoms with van der Waals surface area (Å²) in [7, 11) is 0. The van der Waals surface area contributed by atoms with Gasteiger partial charge in [0.2, 0.25) is 0 Å². The third kappa shape index (κ3) is 3.61. The van der Waals surface area contributed by atoms with Crippen molar-refractivity contribution >= 4 is 5.69 Å². The summed E-state index contributed by atoms with van der Waals surface area (Å²) in [6.07, 6.45) is 0. The highest BCUT2D eigenvalue weighted by Crippen LogP contribution is 2.62. The summed E-state index contributed by atoms with van der Waals surface area (Å²) in [5.74, 6) is 0.239. The molecule has 0 aromatic heterocycles. The topological polar surface area (TPSA) is 26.0 Å². The first-order valence-electron chi connectivity index (χ1n) is 14.9. The molecule has 0 radical (unpaired) electrons. The minimum absolute atomic E-state index is 0.0274. The maximum absolute atomic E-state index is 7.41. The average Bonchev–Trinajstić information content (AvgIpc) is 2.96. The Morgan fingerprint density at radius 3 is 1.37 bits per heavy atom. The van der Waals surface area contributed by atoms with Crippen molar-refractivity contribution in [1.82, 2.24) is 0 Å². The zero-order valence-electron chi connectivity index (χ0n) is 25.0. The molecule has 204 valence electrons. The number of rotatable bonds is 2. The Balaban J connectivity index is 1.57. The third-order valence-corrected chi connectivity index (χ3v) is 9.51. The van der Waals surface area contributed by atoms with Crippen LogP contribution in [0.4, 0.5) is 5.69 Å². The first-order valence-corrected chi connectivity index (χ1v) is 14.9. The summed E-state index contributed by atoms with van der Waals surface area (Å²) in [6, 6.07) is 40.9. The molecule has 0 heterocycles. The minimum Gasteiger partial charge on any atom is -0.398 e. The molecule has 2 bridgehead atoms. The summed E-state index contributed by atoms with van der Waals surface area (Å²) in [5, 5.41) is 0. The molecule has 1 nitrogen and oxygen atoms in total. The molecule has 2 N–H and O–H groups in total. The van der Waals surface area contributed by atoms with E-state index in [1.807, 2.05) is 0 Å².